The van der Waals surface area contributed by atoms with Gasteiger partial charge in [-0.2, -0.15) is 0 Å². The molecule has 2 heterocycles. The molecule has 1 fully saturated rings. The molecule has 0 bridgehead atoms. The number of carbonyl (C=O) groups excluding carboxylic acids is 4. The summed E-state index contributed by atoms with van der Waals surface area (Å²) in [5.74, 6) is -4.00. The molecule has 0 aliphatic carbocycles. The lowest BCUT2D eigenvalue weighted by atomic mass is 9.73. The van der Waals surface area contributed by atoms with Crippen LogP contribution >= 0.6 is 0 Å². The van der Waals surface area contributed by atoms with E-state index in [-0.39, 0.29) is 18.2 Å². The van der Waals surface area contributed by atoms with Gasteiger partial charge < -0.3 is 25.0 Å². The molecule has 214 valence electrons. The number of amides is 2. The number of hydrogen-bond acceptors (Lipinski definition) is 9. The Morgan fingerprint density at radius 3 is 2.42 bits per heavy atom. The number of nitrogens with one attached hydrogen (secondary N) is 2. The number of hydrogen-bond donors (Lipinski definition) is 3. The van der Waals surface area contributed by atoms with E-state index in [4.69, 9.17) is 9.31 Å². The third kappa shape index (κ3) is 8.62. The molecule has 1 aliphatic rings. The predicted octanol–water partition coefficient (Wildman–Crippen LogP) is 1.45. The number of nitrogens with zero attached hydrogens (tertiary/aromatic N) is 2. The van der Waals surface area contributed by atoms with Crippen molar-refractivity contribution in [2.24, 2.45) is 11.8 Å². The van der Waals surface area contributed by atoms with Gasteiger partial charge in [-0.1, -0.05) is 57.2 Å². The summed E-state index contributed by atoms with van der Waals surface area (Å²) in [6, 6.07) is 12.9. The third-order valence-electron chi connectivity index (χ3n) is 6.35. The van der Waals surface area contributed by atoms with Crippen LogP contribution in [0.5, 0.6) is 0 Å². The summed E-state index contributed by atoms with van der Waals surface area (Å²) in [5, 5.41) is 15.7. The Morgan fingerprint density at radius 1 is 1.07 bits per heavy atom. The van der Waals surface area contributed by atoms with Gasteiger partial charge in [0.15, 0.2) is 0 Å². The van der Waals surface area contributed by atoms with Gasteiger partial charge in [0.25, 0.3) is 11.9 Å². The summed E-state index contributed by atoms with van der Waals surface area (Å²) in [6.45, 7) is 7.09. The van der Waals surface area contributed by atoms with Crippen LogP contribution in [0.3, 0.4) is 0 Å². The third-order valence-corrected chi connectivity index (χ3v) is 6.35. The van der Waals surface area contributed by atoms with Crippen LogP contribution in [0.1, 0.15) is 44.6 Å². The minimum Gasteiger partial charge on any atom is -0.498 e. The Kier molecular flexibility index (Phi) is 10.8. The van der Waals surface area contributed by atoms with E-state index in [0.717, 1.165) is 5.56 Å². The molecule has 1 saturated heterocycles. The van der Waals surface area contributed by atoms with Gasteiger partial charge in [-0.05, 0) is 38.4 Å². The lowest BCUT2D eigenvalue weighted by Crippen LogP contribution is -2.59. The number of likely N-dealkylation sites (N-methyl/N-ethyl adjacent to an activating group) is 1. The minimum absolute atomic E-state index is 0.0138. The standard InChI is InChI=1S/C28H37BN4O7/c1-17(2)14-23(29-39-24(35)16-33(5)15-18(3)28(38)40-29)31-27(37)25(19(4)34)32-26(36)22-13-9-12-21(30-22)20-10-7-6-8-11-20/h6-13,17-19,23,25,34H,14-16H2,1-5H3,(H,31,37)(H,32,36)/t18-,19-,23+,25?/m1/s1. The fraction of sp³-hybridized carbons (Fsp3) is 0.464. The SMILES string of the molecule is CC(C)C[C@H](NC(=O)C(NC(=O)c1cccc(-c2ccccc2)n1)[C@@H](C)O)B1OC(=O)CN(C)C[C@@H](C)C(=O)O1. The maximum absolute atomic E-state index is 13.4. The van der Waals surface area contributed by atoms with Crippen molar-refractivity contribution >= 4 is 30.9 Å². The molecule has 4 atom stereocenters. The molecule has 3 N–H and O–H groups in total. The number of aliphatic hydroxyl groups excluding tert-OH is 1. The second-order valence-corrected chi connectivity index (χ2v) is 10.6. The molecule has 1 unspecified atom stereocenters. The van der Waals surface area contributed by atoms with Gasteiger partial charge in [0.2, 0.25) is 5.91 Å². The zero-order valence-electron chi connectivity index (χ0n) is 23.5. The highest BCUT2D eigenvalue weighted by atomic mass is 16.6. The van der Waals surface area contributed by atoms with Gasteiger partial charge in [0, 0.05) is 12.1 Å². The second kappa shape index (κ2) is 14.0. The number of aromatic nitrogens is 1. The summed E-state index contributed by atoms with van der Waals surface area (Å²) in [6.07, 6.45) is -0.984. The first-order chi connectivity index (χ1) is 18.9. The molecule has 1 aliphatic heterocycles. The van der Waals surface area contributed by atoms with Gasteiger partial charge in [-0.15, -0.1) is 0 Å². The minimum atomic E-state index is -1.38. The normalized spacial score (nSPS) is 18.9. The quantitative estimate of drug-likeness (QED) is 0.394. The molecule has 3 rings (SSSR count). The maximum Gasteiger partial charge on any atom is 0.622 e. The number of carbonyl (C=O) groups is 4. The number of pyridine rings is 1. The van der Waals surface area contributed by atoms with E-state index in [9.17, 15) is 24.3 Å². The highest BCUT2D eigenvalue weighted by molar-refractivity contribution is 6.51. The average Bonchev–Trinajstić information content (AvgIpc) is 2.94. The van der Waals surface area contributed by atoms with E-state index < -0.39 is 54.9 Å². The Bertz CT molecular complexity index is 1190. The van der Waals surface area contributed by atoms with E-state index in [1.54, 1.807) is 31.0 Å². The van der Waals surface area contributed by atoms with E-state index in [2.05, 4.69) is 15.6 Å². The van der Waals surface area contributed by atoms with Gasteiger partial charge in [0.1, 0.15) is 11.7 Å². The summed E-state index contributed by atoms with van der Waals surface area (Å²) in [4.78, 5) is 57.7. The van der Waals surface area contributed by atoms with Crippen LogP contribution in [0.4, 0.5) is 0 Å². The molecule has 40 heavy (non-hydrogen) atoms. The lowest BCUT2D eigenvalue weighted by molar-refractivity contribution is -0.142. The zero-order valence-corrected chi connectivity index (χ0v) is 23.5. The van der Waals surface area contributed by atoms with Crippen molar-refractivity contribution in [3.05, 3.63) is 54.2 Å². The van der Waals surface area contributed by atoms with Gasteiger partial charge in [0.05, 0.1) is 30.2 Å². The van der Waals surface area contributed by atoms with Crippen LogP contribution in [0.2, 0.25) is 0 Å². The molecule has 0 spiro atoms. The average molecular weight is 552 g/mol. The monoisotopic (exact) mass is 552 g/mol. The summed E-state index contributed by atoms with van der Waals surface area (Å²) < 4.78 is 11.0. The lowest BCUT2D eigenvalue weighted by Gasteiger charge is -2.28. The molecular weight excluding hydrogens is 515 g/mol. The maximum atomic E-state index is 13.4. The fourth-order valence-corrected chi connectivity index (χ4v) is 4.38. The van der Waals surface area contributed by atoms with E-state index in [1.165, 1.54) is 13.0 Å². The Hall–Kier alpha value is -3.77. The number of aliphatic hydroxyl groups is 1. The molecular formula is C28H37BN4O7. The molecule has 2 aromatic rings. The smallest absolute Gasteiger partial charge is 0.498 e. The van der Waals surface area contributed by atoms with Crippen molar-refractivity contribution in [3.63, 3.8) is 0 Å². The van der Waals surface area contributed by atoms with Crippen molar-refractivity contribution in [2.45, 2.75) is 52.2 Å². The second-order valence-electron chi connectivity index (χ2n) is 10.6. The first kappa shape index (κ1) is 30.8. The Morgan fingerprint density at radius 2 is 1.77 bits per heavy atom. The van der Waals surface area contributed by atoms with Crippen molar-refractivity contribution in [1.82, 2.24) is 20.5 Å². The van der Waals surface area contributed by atoms with Crippen LogP contribution in [0.25, 0.3) is 11.3 Å². The highest BCUT2D eigenvalue weighted by Gasteiger charge is 2.42. The molecule has 11 nitrogen and oxygen atoms in total. The van der Waals surface area contributed by atoms with E-state index >= 15 is 0 Å². The van der Waals surface area contributed by atoms with Crippen LogP contribution in [-0.2, 0) is 23.7 Å². The molecule has 12 heteroatoms. The van der Waals surface area contributed by atoms with Crippen LogP contribution in [-0.4, -0.2) is 84.1 Å². The highest BCUT2D eigenvalue weighted by Crippen LogP contribution is 2.17. The predicted molar refractivity (Wildman–Crippen MR) is 149 cm³/mol. The number of benzene rings is 1. The molecule has 1 aromatic carbocycles. The first-order valence-corrected chi connectivity index (χ1v) is 13.3. The molecule has 1 aromatic heterocycles. The van der Waals surface area contributed by atoms with Gasteiger partial charge in [-0.3, -0.25) is 24.1 Å². The summed E-state index contributed by atoms with van der Waals surface area (Å²) in [5.41, 5.74) is 1.46. The van der Waals surface area contributed by atoms with Crippen LogP contribution < -0.4 is 10.6 Å². The zero-order chi connectivity index (χ0) is 29.4. The Labute approximate surface area is 234 Å². The van der Waals surface area contributed by atoms with Crippen molar-refractivity contribution in [3.8, 4) is 11.3 Å². The number of rotatable bonds is 9. The van der Waals surface area contributed by atoms with Gasteiger partial charge >= 0.3 is 13.1 Å². The first-order valence-electron chi connectivity index (χ1n) is 13.3. The summed E-state index contributed by atoms with van der Waals surface area (Å²) in [7, 11) is 0.314. The van der Waals surface area contributed by atoms with Crippen LogP contribution in [0.15, 0.2) is 48.5 Å². The Balaban J connectivity index is 1.79. The van der Waals surface area contributed by atoms with E-state index in [0.29, 0.717) is 18.7 Å². The fourth-order valence-electron chi connectivity index (χ4n) is 4.38. The summed E-state index contributed by atoms with van der Waals surface area (Å²) >= 11 is 0. The van der Waals surface area contributed by atoms with Crippen LogP contribution in [0, 0.1) is 11.8 Å². The largest absolute Gasteiger partial charge is 0.622 e. The van der Waals surface area contributed by atoms with Crippen molar-refractivity contribution in [2.75, 3.05) is 20.1 Å². The topological polar surface area (TPSA) is 147 Å². The molecule has 0 radical (unpaired) electrons. The molecule has 0 saturated carbocycles. The molecule has 2 amide bonds. The van der Waals surface area contributed by atoms with Crippen molar-refractivity contribution < 1.29 is 33.6 Å². The van der Waals surface area contributed by atoms with E-state index in [1.807, 2.05) is 44.2 Å². The van der Waals surface area contributed by atoms with Gasteiger partial charge in [-0.25, -0.2) is 4.98 Å². The van der Waals surface area contributed by atoms with Crippen molar-refractivity contribution in [1.29, 1.82) is 0 Å².